The quantitative estimate of drug-likeness (QED) is 0.490. The molecule has 0 bridgehead atoms. The third-order valence-electron chi connectivity index (χ3n) is 3.89. The van der Waals surface area contributed by atoms with Crippen molar-refractivity contribution in [2.24, 2.45) is 11.7 Å². The zero-order valence-electron chi connectivity index (χ0n) is 11.9. The molecule has 2 unspecified atom stereocenters. The van der Waals surface area contributed by atoms with E-state index < -0.39 is 17.4 Å². The number of imidazole rings is 1. The highest BCUT2D eigenvalue weighted by Gasteiger charge is 2.27. The van der Waals surface area contributed by atoms with Gasteiger partial charge in [-0.05, 0) is 18.8 Å². The molecule has 1 amide bonds. The highest BCUT2D eigenvalue weighted by molar-refractivity contribution is 6.21. The van der Waals surface area contributed by atoms with Gasteiger partial charge in [0.1, 0.15) is 5.57 Å². The summed E-state index contributed by atoms with van der Waals surface area (Å²) in [6, 6.07) is 0.104. The molecule has 0 aromatic carbocycles. The zero-order chi connectivity index (χ0) is 15.4. The van der Waals surface area contributed by atoms with Crippen LogP contribution in [0.4, 0.5) is 4.39 Å². The van der Waals surface area contributed by atoms with Gasteiger partial charge in [-0.1, -0.05) is 19.8 Å². The van der Waals surface area contributed by atoms with E-state index >= 15 is 0 Å². The van der Waals surface area contributed by atoms with Gasteiger partial charge in [0.05, 0.1) is 5.70 Å². The summed E-state index contributed by atoms with van der Waals surface area (Å²) >= 11 is 0. The first-order chi connectivity index (χ1) is 10.0. The minimum absolute atomic E-state index is 0.104. The summed E-state index contributed by atoms with van der Waals surface area (Å²) in [7, 11) is 0. The molecule has 0 radical (unpaired) electrons. The summed E-state index contributed by atoms with van der Waals surface area (Å²) in [6.45, 7) is 2.11. The van der Waals surface area contributed by atoms with Crippen molar-refractivity contribution in [2.45, 2.75) is 38.6 Å². The molecule has 7 heteroatoms. The second kappa shape index (κ2) is 6.51. The number of aromatic nitrogens is 2. The maximum absolute atomic E-state index is 13.5. The van der Waals surface area contributed by atoms with Gasteiger partial charge >= 0.3 is 0 Å². The summed E-state index contributed by atoms with van der Waals surface area (Å²) in [5, 5.41) is 10.4. The van der Waals surface area contributed by atoms with E-state index in [4.69, 9.17) is 11.1 Å². The normalized spacial score (nSPS) is 23.3. The van der Waals surface area contributed by atoms with Gasteiger partial charge in [-0.2, -0.15) is 4.39 Å². The Balaban J connectivity index is 2.39. The molecule has 2 atom stereocenters. The molecule has 1 aromatic rings. The van der Waals surface area contributed by atoms with E-state index in [0.29, 0.717) is 11.7 Å². The van der Waals surface area contributed by atoms with Crippen molar-refractivity contribution < 1.29 is 9.18 Å². The summed E-state index contributed by atoms with van der Waals surface area (Å²) in [5.41, 5.74) is 4.92. The van der Waals surface area contributed by atoms with E-state index in [1.54, 1.807) is 6.20 Å². The van der Waals surface area contributed by atoms with Crippen LogP contribution in [0, 0.1) is 11.3 Å². The van der Waals surface area contributed by atoms with Crippen molar-refractivity contribution in [3.8, 4) is 0 Å². The largest absolute Gasteiger partial charge is 0.378 e. The van der Waals surface area contributed by atoms with Crippen molar-refractivity contribution >= 4 is 17.6 Å². The van der Waals surface area contributed by atoms with Gasteiger partial charge < -0.3 is 16.0 Å². The van der Waals surface area contributed by atoms with Crippen LogP contribution in [0.2, 0.25) is 0 Å². The van der Waals surface area contributed by atoms with E-state index in [2.05, 4.69) is 22.2 Å². The second-order valence-corrected chi connectivity index (χ2v) is 5.38. The van der Waals surface area contributed by atoms with E-state index in [-0.39, 0.29) is 11.7 Å². The summed E-state index contributed by atoms with van der Waals surface area (Å²) in [4.78, 5) is 18.4. The molecule has 0 spiro atoms. The van der Waals surface area contributed by atoms with Crippen LogP contribution >= 0.6 is 0 Å². The summed E-state index contributed by atoms with van der Waals surface area (Å²) in [5.74, 6) is -1.63. The monoisotopic (exact) mass is 293 g/mol. The van der Waals surface area contributed by atoms with E-state index in [1.807, 2.05) is 0 Å². The molecule has 2 rings (SSSR count). The molecule has 1 fully saturated rings. The number of nitrogens with zero attached hydrogens (tertiary/aromatic N) is 1. The fourth-order valence-corrected chi connectivity index (χ4v) is 2.72. The van der Waals surface area contributed by atoms with Gasteiger partial charge in [0, 0.05) is 18.4 Å². The number of hydrogen-bond donors (Lipinski definition) is 4. The number of primary amides is 1. The number of hydrogen-bond acceptors (Lipinski definition) is 4. The molecule has 1 saturated carbocycles. The molecule has 1 aliphatic rings. The van der Waals surface area contributed by atoms with Crippen molar-refractivity contribution in [1.82, 2.24) is 15.3 Å². The number of rotatable bonds is 5. The van der Waals surface area contributed by atoms with Crippen LogP contribution in [0.3, 0.4) is 0 Å². The average Bonchev–Trinajstić information content (AvgIpc) is 2.93. The molecule has 1 aliphatic carbocycles. The predicted octanol–water partition coefficient (Wildman–Crippen LogP) is 1.72. The molecule has 0 aliphatic heterocycles. The minimum atomic E-state index is -1.36. The second-order valence-electron chi connectivity index (χ2n) is 5.38. The van der Waals surface area contributed by atoms with Gasteiger partial charge in [-0.25, -0.2) is 4.98 Å². The van der Waals surface area contributed by atoms with Gasteiger partial charge in [-0.15, -0.1) is 0 Å². The third-order valence-corrected chi connectivity index (χ3v) is 3.89. The highest BCUT2D eigenvalue weighted by atomic mass is 19.1. The molecule has 21 heavy (non-hydrogen) atoms. The number of carbonyl (C=O) groups excluding carboxylic acids is 1. The van der Waals surface area contributed by atoms with Gasteiger partial charge in [0.25, 0.3) is 5.91 Å². The van der Waals surface area contributed by atoms with Crippen LogP contribution in [-0.2, 0) is 4.79 Å². The molecule has 6 nitrogen and oxygen atoms in total. The lowest BCUT2D eigenvalue weighted by atomic mass is 9.85. The lowest BCUT2D eigenvalue weighted by Gasteiger charge is -2.31. The third kappa shape index (κ3) is 3.48. The molecular weight excluding hydrogens is 273 g/mol. The van der Waals surface area contributed by atoms with Crippen LogP contribution in [0.5, 0.6) is 0 Å². The van der Waals surface area contributed by atoms with E-state index in [9.17, 15) is 9.18 Å². The Labute approximate surface area is 122 Å². The number of H-pyrrole nitrogens is 1. The number of nitrogens with one attached hydrogen (secondary N) is 3. The average molecular weight is 293 g/mol. The first kappa shape index (κ1) is 15.2. The number of carbonyl (C=O) groups is 1. The van der Waals surface area contributed by atoms with E-state index in [0.717, 1.165) is 19.3 Å². The maximum Gasteiger partial charge on any atom is 0.255 e. The predicted molar refractivity (Wildman–Crippen MR) is 78.1 cm³/mol. The summed E-state index contributed by atoms with van der Waals surface area (Å²) < 4.78 is 13.5. The first-order valence-electron chi connectivity index (χ1n) is 7.05. The van der Waals surface area contributed by atoms with Crippen molar-refractivity contribution in [3.05, 3.63) is 23.8 Å². The SMILES string of the molecule is CC1CCCCC1N/C(=C(/C(=N)F)C(N)=O)c1ncc[nH]1. The van der Waals surface area contributed by atoms with Crippen LogP contribution in [0.1, 0.15) is 38.4 Å². The maximum atomic E-state index is 13.5. The zero-order valence-corrected chi connectivity index (χ0v) is 11.9. The highest BCUT2D eigenvalue weighted by Crippen LogP contribution is 2.26. The lowest BCUT2D eigenvalue weighted by molar-refractivity contribution is -0.114. The Bertz CT molecular complexity index is 536. The smallest absolute Gasteiger partial charge is 0.255 e. The van der Waals surface area contributed by atoms with Crippen molar-refractivity contribution in [2.75, 3.05) is 0 Å². The van der Waals surface area contributed by atoms with E-state index in [1.165, 1.54) is 12.6 Å². The van der Waals surface area contributed by atoms with Gasteiger partial charge in [0.2, 0.25) is 5.97 Å². The number of nitrogens with two attached hydrogens (primary N) is 1. The van der Waals surface area contributed by atoms with Crippen LogP contribution in [0.25, 0.3) is 5.70 Å². The molecule has 1 aromatic heterocycles. The van der Waals surface area contributed by atoms with Crippen LogP contribution < -0.4 is 11.1 Å². The number of halogens is 1. The Morgan fingerprint density at radius 3 is 2.76 bits per heavy atom. The van der Waals surface area contributed by atoms with Crippen LogP contribution in [0.15, 0.2) is 18.0 Å². The molecule has 0 saturated heterocycles. The van der Waals surface area contributed by atoms with Crippen molar-refractivity contribution in [3.63, 3.8) is 0 Å². The Morgan fingerprint density at radius 1 is 1.52 bits per heavy atom. The molecule has 114 valence electrons. The van der Waals surface area contributed by atoms with Crippen molar-refractivity contribution in [1.29, 1.82) is 5.41 Å². The Hall–Kier alpha value is -2.18. The molecule has 5 N–H and O–H groups in total. The summed E-state index contributed by atoms with van der Waals surface area (Å²) in [6.07, 6.45) is 7.32. The van der Waals surface area contributed by atoms with Gasteiger partial charge in [0.15, 0.2) is 5.82 Å². The first-order valence-corrected chi connectivity index (χ1v) is 7.05. The standard InChI is InChI=1S/C14H20FN5O/c1-8-4-2-3-5-9(8)20-11(14-18-6-7-19-14)10(12(15)16)13(17)21/h6-9,16,20H,2-5H2,1H3,(H2,17,21)(H,18,19)/b11-10-,16-12?. The molecular formula is C14H20FN5O. The number of amides is 1. The Kier molecular flexibility index (Phi) is 4.72. The fraction of sp³-hybridized carbons (Fsp3) is 0.500. The lowest BCUT2D eigenvalue weighted by Crippen LogP contribution is -2.38. The van der Waals surface area contributed by atoms with Crippen LogP contribution in [-0.4, -0.2) is 27.9 Å². The fourth-order valence-electron chi connectivity index (χ4n) is 2.72. The van der Waals surface area contributed by atoms with Gasteiger partial charge in [-0.3, -0.25) is 10.2 Å². The Morgan fingerprint density at radius 2 is 2.24 bits per heavy atom. The topological polar surface area (TPSA) is 108 Å². The minimum Gasteiger partial charge on any atom is -0.378 e. The number of aromatic amines is 1. The molecule has 1 heterocycles.